The van der Waals surface area contributed by atoms with Crippen LogP contribution in [-0.4, -0.2) is 25.1 Å². The zero-order valence-electron chi connectivity index (χ0n) is 11.4. The molecule has 7 heteroatoms. The Kier molecular flexibility index (Phi) is 3.60. The lowest BCUT2D eigenvalue weighted by molar-refractivity contribution is 0.361. The van der Waals surface area contributed by atoms with Gasteiger partial charge in [-0.25, -0.2) is 9.67 Å². The second kappa shape index (κ2) is 5.54. The maximum atomic E-state index is 5.30. The Morgan fingerprint density at radius 2 is 2.30 bits per heavy atom. The zero-order valence-corrected chi connectivity index (χ0v) is 12.2. The molecule has 0 unspecified atom stereocenters. The SMILES string of the molecule is CC(C)Cc1cc(Cn2cc(-c3nccs3)nn2)no1. The van der Waals surface area contributed by atoms with Crippen LogP contribution in [0, 0.1) is 5.92 Å². The van der Waals surface area contributed by atoms with Gasteiger partial charge in [0.25, 0.3) is 0 Å². The van der Waals surface area contributed by atoms with Gasteiger partial charge in [0.1, 0.15) is 22.2 Å². The average Bonchev–Trinajstić information content (AvgIpc) is 3.09. The smallest absolute Gasteiger partial charge is 0.145 e. The van der Waals surface area contributed by atoms with Gasteiger partial charge < -0.3 is 4.52 Å². The molecular weight excluding hydrogens is 274 g/mol. The first-order chi connectivity index (χ1) is 9.70. The van der Waals surface area contributed by atoms with Crippen LogP contribution in [0.2, 0.25) is 0 Å². The van der Waals surface area contributed by atoms with Crippen LogP contribution in [0.3, 0.4) is 0 Å². The van der Waals surface area contributed by atoms with Gasteiger partial charge in [-0.3, -0.25) is 0 Å². The molecule has 0 aliphatic rings. The second-order valence-electron chi connectivity index (χ2n) is 5.02. The monoisotopic (exact) mass is 289 g/mol. The molecule has 0 atom stereocenters. The fraction of sp³-hybridized carbons (Fsp3) is 0.385. The van der Waals surface area contributed by atoms with E-state index in [0.717, 1.165) is 28.6 Å². The van der Waals surface area contributed by atoms with Crippen molar-refractivity contribution in [3.63, 3.8) is 0 Å². The van der Waals surface area contributed by atoms with Crippen LogP contribution < -0.4 is 0 Å². The van der Waals surface area contributed by atoms with Crippen LogP contribution in [0.1, 0.15) is 25.3 Å². The lowest BCUT2D eigenvalue weighted by Crippen LogP contribution is -2.00. The predicted molar refractivity (Wildman–Crippen MR) is 75.3 cm³/mol. The Morgan fingerprint density at radius 1 is 1.40 bits per heavy atom. The molecule has 0 saturated carbocycles. The Morgan fingerprint density at radius 3 is 3.05 bits per heavy atom. The molecule has 0 saturated heterocycles. The van der Waals surface area contributed by atoms with E-state index in [1.54, 1.807) is 22.2 Å². The molecule has 3 aromatic rings. The first-order valence-corrected chi connectivity index (χ1v) is 7.33. The summed E-state index contributed by atoms with van der Waals surface area (Å²) in [4.78, 5) is 4.21. The molecule has 3 heterocycles. The van der Waals surface area contributed by atoms with Crippen molar-refractivity contribution in [2.24, 2.45) is 5.92 Å². The molecule has 0 bridgehead atoms. The molecule has 0 aliphatic carbocycles. The summed E-state index contributed by atoms with van der Waals surface area (Å²) in [5, 5.41) is 15.1. The minimum Gasteiger partial charge on any atom is -0.361 e. The summed E-state index contributed by atoms with van der Waals surface area (Å²) in [6.07, 6.45) is 4.53. The van der Waals surface area contributed by atoms with Crippen LogP contribution in [0.25, 0.3) is 10.7 Å². The van der Waals surface area contributed by atoms with Crippen molar-refractivity contribution in [3.8, 4) is 10.7 Å². The van der Waals surface area contributed by atoms with Gasteiger partial charge in [-0.1, -0.05) is 24.2 Å². The lowest BCUT2D eigenvalue weighted by atomic mass is 10.1. The molecule has 0 spiro atoms. The highest BCUT2D eigenvalue weighted by molar-refractivity contribution is 7.13. The highest BCUT2D eigenvalue weighted by Crippen LogP contribution is 2.18. The fourth-order valence-electron chi connectivity index (χ4n) is 1.92. The third-order valence-corrected chi connectivity index (χ3v) is 3.53. The molecule has 3 aromatic heterocycles. The van der Waals surface area contributed by atoms with Crippen LogP contribution in [0.15, 0.2) is 28.4 Å². The van der Waals surface area contributed by atoms with E-state index in [4.69, 9.17) is 4.52 Å². The molecular formula is C13H15N5OS. The third kappa shape index (κ3) is 2.93. The Hall–Kier alpha value is -2.02. The van der Waals surface area contributed by atoms with Crippen molar-refractivity contribution in [1.82, 2.24) is 25.1 Å². The lowest BCUT2D eigenvalue weighted by Gasteiger charge is -1.97. The van der Waals surface area contributed by atoms with Gasteiger partial charge in [0.2, 0.25) is 0 Å². The summed E-state index contributed by atoms with van der Waals surface area (Å²) in [6, 6.07) is 1.98. The van der Waals surface area contributed by atoms with E-state index < -0.39 is 0 Å². The molecule has 3 rings (SSSR count). The third-order valence-electron chi connectivity index (χ3n) is 2.73. The number of thiazole rings is 1. The van der Waals surface area contributed by atoms with E-state index >= 15 is 0 Å². The van der Waals surface area contributed by atoms with Gasteiger partial charge in [-0.15, -0.1) is 16.4 Å². The summed E-state index contributed by atoms with van der Waals surface area (Å²) in [6.45, 7) is 4.86. The highest BCUT2D eigenvalue weighted by Gasteiger charge is 2.10. The number of aromatic nitrogens is 5. The minimum absolute atomic E-state index is 0.554. The van der Waals surface area contributed by atoms with E-state index in [2.05, 4.69) is 34.3 Å². The Labute approximate surface area is 120 Å². The van der Waals surface area contributed by atoms with E-state index in [0.29, 0.717) is 12.5 Å². The molecule has 0 aromatic carbocycles. The van der Waals surface area contributed by atoms with Gasteiger partial charge >= 0.3 is 0 Å². The van der Waals surface area contributed by atoms with E-state index in [9.17, 15) is 0 Å². The molecule has 0 N–H and O–H groups in total. The molecule has 0 fully saturated rings. The summed E-state index contributed by atoms with van der Waals surface area (Å²) in [7, 11) is 0. The molecule has 0 aliphatic heterocycles. The molecule has 20 heavy (non-hydrogen) atoms. The van der Waals surface area contributed by atoms with E-state index in [1.807, 2.05) is 17.6 Å². The predicted octanol–water partition coefficient (Wildman–Crippen LogP) is 2.64. The van der Waals surface area contributed by atoms with Crippen LogP contribution in [0.5, 0.6) is 0 Å². The maximum Gasteiger partial charge on any atom is 0.145 e. The maximum absolute atomic E-state index is 5.30. The van der Waals surface area contributed by atoms with Crippen molar-refractivity contribution >= 4 is 11.3 Å². The quantitative estimate of drug-likeness (QED) is 0.722. The fourth-order valence-corrected chi connectivity index (χ4v) is 2.51. The van der Waals surface area contributed by atoms with Gasteiger partial charge in [-0.05, 0) is 5.92 Å². The van der Waals surface area contributed by atoms with Gasteiger partial charge in [0, 0.05) is 24.1 Å². The van der Waals surface area contributed by atoms with Gasteiger partial charge in [-0.2, -0.15) is 0 Å². The van der Waals surface area contributed by atoms with E-state index in [-0.39, 0.29) is 0 Å². The Balaban J connectivity index is 1.70. The summed E-state index contributed by atoms with van der Waals surface area (Å²) in [5.41, 5.74) is 1.64. The molecule has 0 radical (unpaired) electrons. The Bertz CT molecular complexity index is 671. The van der Waals surface area contributed by atoms with Crippen LogP contribution in [-0.2, 0) is 13.0 Å². The second-order valence-corrected chi connectivity index (χ2v) is 5.92. The first kappa shape index (κ1) is 13.0. The van der Waals surface area contributed by atoms with E-state index in [1.165, 1.54) is 0 Å². The number of hydrogen-bond acceptors (Lipinski definition) is 6. The van der Waals surface area contributed by atoms with Crippen molar-refractivity contribution in [2.75, 3.05) is 0 Å². The summed E-state index contributed by atoms with van der Waals surface area (Å²) >= 11 is 1.55. The van der Waals surface area contributed by atoms with Crippen LogP contribution >= 0.6 is 11.3 Å². The highest BCUT2D eigenvalue weighted by atomic mass is 32.1. The summed E-state index contributed by atoms with van der Waals surface area (Å²) < 4.78 is 7.05. The van der Waals surface area contributed by atoms with Gasteiger partial charge in [0.05, 0.1) is 12.7 Å². The zero-order chi connectivity index (χ0) is 13.9. The van der Waals surface area contributed by atoms with Crippen molar-refractivity contribution < 1.29 is 4.52 Å². The largest absolute Gasteiger partial charge is 0.361 e. The average molecular weight is 289 g/mol. The van der Waals surface area contributed by atoms with Crippen LogP contribution in [0.4, 0.5) is 0 Å². The normalized spacial score (nSPS) is 11.3. The topological polar surface area (TPSA) is 69.6 Å². The summed E-state index contributed by atoms with van der Waals surface area (Å²) in [5.74, 6) is 1.47. The standard InChI is InChI=1S/C13H15N5OS/c1-9(2)5-11-6-10(16-19-11)7-18-8-12(15-17-18)13-14-3-4-20-13/h3-4,6,8-9H,5,7H2,1-2H3. The first-order valence-electron chi connectivity index (χ1n) is 6.45. The van der Waals surface area contributed by atoms with Crippen molar-refractivity contribution in [2.45, 2.75) is 26.8 Å². The minimum atomic E-state index is 0.554. The molecule has 0 amide bonds. The number of nitrogens with zero attached hydrogens (tertiary/aromatic N) is 5. The van der Waals surface area contributed by atoms with Crippen molar-refractivity contribution in [3.05, 3.63) is 35.3 Å². The number of hydrogen-bond donors (Lipinski definition) is 0. The van der Waals surface area contributed by atoms with Gasteiger partial charge in [0.15, 0.2) is 0 Å². The number of rotatable bonds is 5. The molecule has 6 nitrogen and oxygen atoms in total. The molecule has 104 valence electrons. The van der Waals surface area contributed by atoms with Crippen molar-refractivity contribution in [1.29, 1.82) is 0 Å².